The van der Waals surface area contributed by atoms with E-state index in [2.05, 4.69) is 167 Å². The largest absolute Gasteiger partial charge is 0.456 e. The third-order valence-electron chi connectivity index (χ3n) is 10.2. The Morgan fingerprint density at radius 1 is 0.440 bits per heavy atom. The van der Waals surface area contributed by atoms with Crippen LogP contribution in [-0.2, 0) is 0 Å². The summed E-state index contributed by atoms with van der Waals surface area (Å²) in [7, 11) is 0. The number of aromatic nitrogens is 1. The highest BCUT2D eigenvalue weighted by atomic mass is 32.1. The minimum atomic E-state index is 0.887. The van der Waals surface area contributed by atoms with Gasteiger partial charge in [-0.15, -0.1) is 11.3 Å². The zero-order chi connectivity index (χ0) is 32.8. The van der Waals surface area contributed by atoms with Crippen LogP contribution in [0, 0.1) is 0 Å². The molecule has 4 heteroatoms. The average molecular weight is 657 g/mol. The van der Waals surface area contributed by atoms with E-state index in [1.807, 2.05) is 23.5 Å². The molecule has 3 aromatic heterocycles. The van der Waals surface area contributed by atoms with Crippen molar-refractivity contribution in [3.63, 3.8) is 0 Å². The quantitative estimate of drug-likeness (QED) is 0.188. The van der Waals surface area contributed by atoms with Gasteiger partial charge in [-0.2, -0.15) is 0 Å². The van der Waals surface area contributed by atoms with Crippen molar-refractivity contribution in [2.75, 3.05) is 4.90 Å². The summed E-state index contributed by atoms with van der Waals surface area (Å²) in [6.07, 6.45) is 0. The normalized spacial score (nSPS) is 12.0. The summed E-state index contributed by atoms with van der Waals surface area (Å²) < 4.78 is 11.3. The van der Waals surface area contributed by atoms with Crippen molar-refractivity contribution < 1.29 is 4.42 Å². The summed E-state index contributed by atoms with van der Waals surface area (Å²) in [5.74, 6) is 0. The molecule has 0 aliphatic heterocycles. The van der Waals surface area contributed by atoms with E-state index in [1.54, 1.807) is 0 Å². The number of hydrogen-bond acceptors (Lipinski definition) is 3. The number of benzene rings is 8. The molecule has 0 atom stereocenters. The molecule has 0 fully saturated rings. The minimum absolute atomic E-state index is 0.887. The molecular weight excluding hydrogens is 629 g/mol. The molecule has 0 saturated heterocycles. The Kier molecular flexibility index (Phi) is 5.83. The van der Waals surface area contributed by atoms with Gasteiger partial charge in [-0.1, -0.05) is 115 Å². The molecule has 8 aromatic carbocycles. The molecule has 3 nitrogen and oxygen atoms in total. The predicted molar refractivity (Wildman–Crippen MR) is 213 cm³/mol. The van der Waals surface area contributed by atoms with Crippen LogP contribution in [0.1, 0.15) is 0 Å². The summed E-state index contributed by atoms with van der Waals surface area (Å²) in [5, 5.41) is 9.79. The van der Waals surface area contributed by atoms with Gasteiger partial charge < -0.3 is 13.9 Å². The van der Waals surface area contributed by atoms with Gasteiger partial charge in [0.25, 0.3) is 0 Å². The van der Waals surface area contributed by atoms with Crippen LogP contribution in [-0.4, -0.2) is 4.57 Å². The molecule has 3 heterocycles. The van der Waals surface area contributed by atoms with Gasteiger partial charge in [0.2, 0.25) is 0 Å². The first kappa shape index (κ1) is 27.6. The summed E-state index contributed by atoms with van der Waals surface area (Å²) >= 11 is 1.89. The van der Waals surface area contributed by atoms with E-state index in [4.69, 9.17) is 4.42 Å². The molecule has 234 valence electrons. The maximum Gasteiger partial charge on any atom is 0.135 e. The maximum absolute atomic E-state index is 6.32. The smallest absolute Gasteiger partial charge is 0.135 e. The first-order valence-corrected chi connectivity index (χ1v) is 17.8. The molecule has 0 N–H and O–H groups in total. The zero-order valence-corrected chi connectivity index (χ0v) is 27.7. The van der Waals surface area contributed by atoms with Crippen molar-refractivity contribution in [3.8, 4) is 5.69 Å². The van der Waals surface area contributed by atoms with Gasteiger partial charge in [-0.05, 0) is 65.4 Å². The van der Waals surface area contributed by atoms with Gasteiger partial charge in [0.15, 0.2) is 0 Å². The molecule has 0 bridgehead atoms. The fourth-order valence-corrected chi connectivity index (χ4v) is 9.31. The number of nitrogens with zero attached hydrogens (tertiary/aromatic N) is 2. The second kappa shape index (κ2) is 10.6. The molecule has 0 unspecified atom stereocenters. The lowest BCUT2D eigenvalue weighted by Crippen LogP contribution is -2.11. The van der Waals surface area contributed by atoms with Crippen LogP contribution in [0.3, 0.4) is 0 Å². The minimum Gasteiger partial charge on any atom is -0.456 e. The van der Waals surface area contributed by atoms with Gasteiger partial charge in [-0.25, -0.2) is 0 Å². The second-order valence-corrected chi connectivity index (χ2v) is 13.9. The van der Waals surface area contributed by atoms with E-state index in [-0.39, 0.29) is 0 Å². The first-order chi connectivity index (χ1) is 24.8. The Balaban J connectivity index is 1.29. The Morgan fingerprint density at radius 2 is 1.12 bits per heavy atom. The number of hydrogen-bond donors (Lipinski definition) is 0. The molecule has 0 radical (unpaired) electrons. The SMILES string of the molecule is c1ccc(-n2c3ccccc3c3cccc(N(c4ccc5oc6ccccc6c5c4)c4cccc5c4sc4c6ccccc6ccc54)c32)cc1. The summed E-state index contributed by atoms with van der Waals surface area (Å²) in [6, 6.07) is 61.2. The van der Waals surface area contributed by atoms with Crippen molar-refractivity contribution in [1.29, 1.82) is 0 Å². The van der Waals surface area contributed by atoms with Crippen LogP contribution >= 0.6 is 11.3 Å². The van der Waals surface area contributed by atoms with Gasteiger partial charge >= 0.3 is 0 Å². The lowest BCUT2D eigenvalue weighted by Gasteiger charge is -2.27. The van der Waals surface area contributed by atoms with E-state index >= 15 is 0 Å². The molecule has 0 aliphatic carbocycles. The van der Waals surface area contributed by atoms with E-state index in [0.717, 1.165) is 44.7 Å². The number of furan rings is 1. The lowest BCUT2D eigenvalue weighted by atomic mass is 10.0. The second-order valence-electron chi connectivity index (χ2n) is 12.9. The number of thiophene rings is 1. The number of anilines is 3. The van der Waals surface area contributed by atoms with Crippen LogP contribution in [0.4, 0.5) is 17.1 Å². The molecular formula is C46H28N2OS. The van der Waals surface area contributed by atoms with Crippen LogP contribution in [0.2, 0.25) is 0 Å². The lowest BCUT2D eigenvalue weighted by molar-refractivity contribution is 0.669. The van der Waals surface area contributed by atoms with Crippen LogP contribution in [0.15, 0.2) is 174 Å². The Labute approximate surface area is 291 Å². The maximum atomic E-state index is 6.32. The molecule has 50 heavy (non-hydrogen) atoms. The van der Waals surface area contributed by atoms with Crippen molar-refractivity contribution >= 4 is 103 Å². The standard InChI is InChI=1S/C46H28N2OS/c1-2-13-30(14-3-1)48-39-20-8-6-16-33(39)35-18-10-21-40(44(35)48)47(31-25-27-43-38(28-31)34-17-7-9-23-42(34)49-43)41-22-11-19-36-37-26-24-29-12-4-5-15-32(29)45(37)50-46(36)41/h1-28H. The predicted octanol–water partition coefficient (Wildman–Crippen LogP) is 13.7. The topological polar surface area (TPSA) is 21.3 Å². The zero-order valence-electron chi connectivity index (χ0n) is 26.9. The van der Waals surface area contributed by atoms with Gasteiger partial charge in [0.05, 0.1) is 27.1 Å². The summed E-state index contributed by atoms with van der Waals surface area (Å²) in [5.41, 5.74) is 8.62. The number of para-hydroxylation sites is 4. The molecule has 0 spiro atoms. The van der Waals surface area contributed by atoms with Crippen molar-refractivity contribution in [3.05, 3.63) is 170 Å². The highest BCUT2D eigenvalue weighted by molar-refractivity contribution is 7.27. The summed E-state index contributed by atoms with van der Waals surface area (Å²) in [6.45, 7) is 0. The van der Waals surface area contributed by atoms with E-state index in [0.29, 0.717) is 0 Å². The average Bonchev–Trinajstić information content (AvgIpc) is 3.86. The van der Waals surface area contributed by atoms with Crippen molar-refractivity contribution in [2.24, 2.45) is 0 Å². The van der Waals surface area contributed by atoms with Crippen molar-refractivity contribution in [1.82, 2.24) is 4.57 Å². The number of fused-ring (bicyclic) bond motifs is 11. The van der Waals surface area contributed by atoms with Gasteiger partial charge in [0, 0.05) is 48.4 Å². The molecule has 0 amide bonds. The fraction of sp³-hybridized carbons (Fsp3) is 0. The Morgan fingerprint density at radius 3 is 2.02 bits per heavy atom. The Hall–Kier alpha value is -6.36. The van der Waals surface area contributed by atoms with Crippen molar-refractivity contribution in [2.45, 2.75) is 0 Å². The highest BCUT2D eigenvalue weighted by Crippen LogP contribution is 2.49. The van der Waals surface area contributed by atoms with Gasteiger partial charge in [0.1, 0.15) is 11.2 Å². The van der Waals surface area contributed by atoms with E-state index in [1.165, 1.54) is 52.8 Å². The van der Waals surface area contributed by atoms with E-state index in [9.17, 15) is 0 Å². The molecule has 11 aromatic rings. The van der Waals surface area contributed by atoms with Crippen LogP contribution in [0.5, 0.6) is 0 Å². The third kappa shape index (κ3) is 3.91. The Bertz CT molecular complexity index is 3110. The summed E-state index contributed by atoms with van der Waals surface area (Å²) in [4.78, 5) is 2.47. The third-order valence-corrected chi connectivity index (χ3v) is 11.4. The molecule has 0 aliphatic rings. The monoisotopic (exact) mass is 656 g/mol. The van der Waals surface area contributed by atoms with Crippen LogP contribution in [0.25, 0.3) is 80.4 Å². The molecule has 11 rings (SSSR count). The number of rotatable bonds is 4. The fourth-order valence-electron chi connectivity index (χ4n) is 7.97. The molecule has 0 saturated carbocycles. The van der Waals surface area contributed by atoms with E-state index < -0.39 is 0 Å². The van der Waals surface area contributed by atoms with Gasteiger partial charge in [-0.3, -0.25) is 0 Å². The highest BCUT2D eigenvalue weighted by Gasteiger charge is 2.24. The van der Waals surface area contributed by atoms with Crippen LogP contribution < -0.4 is 4.90 Å². The first-order valence-electron chi connectivity index (χ1n) is 16.9.